The van der Waals surface area contributed by atoms with Gasteiger partial charge >= 0.3 is 0 Å². The van der Waals surface area contributed by atoms with Crippen molar-refractivity contribution in [1.82, 2.24) is 15.0 Å². The third-order valence-corrected chi connectivity index (χ3v) is 3.06. The van der Waals surface area contributed by atoms with Gasteiger partial charge in [0, 0.05) is 18.6 Å². The van der Waals surface area contributed by atoms with Crippen molar-refractivity contribution in [3.05, 3.63) is 53.9 Å². The summed E-state index contributed by atoms with van der Waals surface area (Å²) in [5, 5.41) is 0. The number of aryl methyl sites for hydroxylation is 1. The van der Waals surface area contributed by atoms with E-state index in [2.05, 4.69) is 15.0 Å². The maximum absolute atomic E-state index is 12.2. The molecule has 0 N–H and O–H groups in total. The van der Waals surface area contributed by atoms with Gasteiger partial charge in [-0.2, -0.15) is 0 Å². The Hall–Kier alpha value is -2.10. The summed E-state index contributed by atoms with van der Waals surface area (Å²) >= 11 is 0. The number of nitrogens with zero attached hydrogens (tertiary/aromatic N) is 3. The van der Waals surface area contributed by atoms with E-state index < -0.39 is 0 Å². The van der Waals surface area contributed by atoms with Crippen LogP contribution in [0.4, 0.5) is 0 Å². The first-order valence-electron chi connectivity index (χ1n) is 5.61. The van der Waals surface area contributed by atoms with Crippen molar-refractivity contribution in [3.63, 3.8) is 0 Å². The van der Waals surface area contributed by atoms with Crippen molar-refractivity contribution in [3.8, 4) is 0 Å². The van der Waals surface area contributed by atoms with Crippen LogP contribution in [0.2, 0.25) is 0 Å². The van der Waals surface area contributed by atoms with Crippen LogP contribution in [0.1, 0.15) is 34.2 Å². The second kappa shape index (κ2) is 4.05. The van der Waals surface area contributed by atoms with Gasteiger partial charge in [-0.05, 0) is 30.5 Å². The Morgan fingerprint density at radius 1 is 1.12 bits per heavy atom. The number of hydrogen-bond donors (Lipinski definition) is 0. The Bertz CT molecular complexity index is 554. The summed E-state index contributed by atoms with van der Waals surface area (Å²) in [6, 6.07) is 5.64. The van der Waals surface area contributed by atoms with Gasteiger partial charge in [0.1, 0.15) is 0 Å². The van der Waals surface area contributed by atoms with Crippen LogP contribution in [0.5, 0.6) is 0 Å². The molecule has 1 aliphatic carbocycles. The normalized spacial score (nSPS) is 17.8. The van der Waals surface area contributed by atoms with Crippen LogP contribution in [-0.2, 0) is 6.42 Å². The van der Waals surface area contributed by atoms with Gasteiger partial charge in [0.15, 0.2) is 5.82 Å². The molecule has 0 saturated carbocycles. The standard InChI is InChI=1S/C13H11N3O/c17-12(13-15-7-2-8-16-13)10-5-4-9-3-1-6-14-11(9)10/h1-3,6-8,10H,4-5H2. The summed E-state index contributed by atoms with van der Waals surface area (Å²) in [4.78, 5) is 24.6. The van der Waals surface area contributed by atoms with Gasteiger partial charge in [0.25, 0.3) is 0 Å². The number of fused-ring (bicyclic) bond motifs is 1. The number of rotatable bonds is 2. The highest BCUT2D eigenvalue weighted by atomic mass is 16.1. The van der Waals surface area contributed by atoms with Gasteiger partial charge in [-0.15, -0.1) is 0 Å². The molecule has 2 aromatic rings. The monoisotopic (exact) mass is 225 g/mol. The summed E-state index contributed by atoms with van der Waals surface area (Å²) < 4.78 is 0. The van der Waals surface area contributed by atoms with Gasteiger partial charge in [-0.25, -0.2) is 9.97 Å². The topological polar surface area (TPSA) is 55.7 Å². The molecule has 0 fully saturated rings. The minimum Gasteiger partial charge on any atom is -0.290 e. The molecule has 4 nitrogen and oxygen atoms in total. The predicted molar refractivity (Wildman–Crippen MR) is 61.7 cm³/mol. The van der Waals surface area contributed by atoms with Crippen LogP contribution >= 0.6 is 0 Å². The molecule has 4 heteroatoms. The Balaban J connectivity index is 1.95. The maximum Gasteiger partial charge on any atom is 0.209 e. The van der Waals surface area contributed by atoms with E-state index >= 15 is 0 Å². The van der Waals surface area contributed by atoms with Gasteiger partial charge in [-0.3, -0.25) is 9.78 Å². The molecule has 84 valence electrons. The average Bonchev–Trinajstić information content (AvgIpc) is 2.83. The van der Waals surface area contributed by atoms with Crippen molar-refractivity contribution in [2.75, 3.05) is 0 Å². The molecule has 0 radical (unpaired) electrons. The van der Waals surface area contributed by atoms with E-state index in [0.29, 0.717) is 0 Å². The van der Waals surface area contributed by atoms with Crippen molar-refractivity contribution >= 4 is 5.78 Å². The smallest absolute Gasteiger partial charge is 0.209 e. The molecule has 0 bridgehead atoms. The van der Waals surface area contributed by atoms with Crippen molar-refractivity contribution in [1.29, 1.82) is 0 Å². The van der Waals surface area contributed by atoms with Gasteiger partial charge in [0.2, 0.25) is 5.78 Å². The Labute approximate surface area is 98.8 Å². The molecule has 2 aromatic heterocycles. The minimum absolute atomic E-state index is 0.0250. The largest absolute Gasteiger partial charge is 0.290 e. The Morgan fingerprint density at radius 2 is 1.88 bits per heavy atom. The first-order valence-corrected chi connectivity index (χ1v) is 5.61. The van der Waals surface area contributed by atoms with Gasteiger partial charge in [-0.1, -0.05) is 6.07 Å². The number of carbonyl (C=O) groups is 1. The molecular formula is C13H11N3O. The summed E-state index contributed by atoms with van der Waals surface area (Å²) in [7, 11) is 0. The van der Waals surface area contributed by atoms with E-state index in [-0.39, 0.29) is 17.5 Å². The molecule has 1 atom stereocenters. The van der Waals surface area contributed by atoms with E-state index in [1.165, 1.54) is 5.56 Å². The molecule has 1 unspecified atom stereocenters. The van der Waals surface area contributed by atoms with Crippen LogP contribution in [0, 0.1) is 0 Å². The second-order valence-electron chi connectivity index (χ2n) is 4.08. The minimum atomic E-state index is -0.173. The molecule has 0 amide bonds. The number of pyridine rings is 1. The van der Waals surface area contributed by atoms with E-state index in [4.69, 9.17) is 0 Å². The maximum atomic E-state index is 12.2. The zero-order valence-corrected chi connectivity index (χ0v) is 9.21. The van der Waals surface area contributed by atoms with Gasteiger partial charge < -0.3 is 0 Å². The lowest BCUT2D eigenvalue weighted by Crippen LogP contribution is -2.14. The molecule has 1 aliphatic rings. The molecule has 17 heavy (non-hydrogen) atoms. The SMILES string of the molecule is O=C(c1ncccn1)C1CCc2cccnc21. The highest BCUT2D eigenvalue weighted by Gasteiger charge is 2.31. The van der Waals surface area contributed by atoms with E-state index in [1.54, 1.807) is 24.7 Å². The third kappa shape index (κ3) is 1.71. The van der Waals surface area contributed by atoms with Gasteiger partial charge in [0.05, 0.1) is 11.6 Å². The summed E-state index contributed by atoms with van der Waals surface area (Å²) in [5.41, 5.74) is 2.06. The number of Topliss-reactive ketones (excluding diaryl/α,β-unsaturated/α-hetero) is 1. The lowest BCUT2D eigenvalue weighted by molar-refractivity contribution is 0.0947. The third-order valence-electron chi connectivity index (χ3n) is 3.06. The van der Waals surface area contributed by atoms with Crippen LogP contribution in [0.15, 0.2) is 36.8 Å². The van der Waals surface area contributed by atoms with Crippen LogP contribution in [0.3, 0.4) is 0 Å². The fraction of sp³-hybridized carbons (Fsp3) is 0.231. The summed E-state index contributed by atoms with van der Waals surface area (Å²) in [6.45, 7) is 0. The van der Waals surface area contributed by atoms with E-state index in [0.717, 1.165) is 18.5 Å². The van der Waals surface area contributed by atoms with Crippen LogP contribution < -0.4 is 0 Å². The fourth-order valence-corrected chi connectivity index (χ4v) is 2.25. The number of carbonyl (C=O) groups excluding carboxylic acids is 1. The molecule has 2 heterocycles. The lowest BCUT2D eigenvalue weighted by Gasteiger charge is -2.07. The first kappa shape index (κ1) is 10.1. The predicted octanol–water partition coefficient (Wildman–Crippen LogP) is 1.78. The molecule has 0 saturated heterocycles. The van der Waals surface area contributed by atoms with E-state index in [1.807, 2.05) is 12.1 Å². The Kier molecular flexibility index (Phi) is 2.40. The molecule has 3 rings (SSSR count). The van der Waals surface area contributed by atoms with Crippen molar-refractivity contribution in [2.45, 2.75) is 18.8 Å². The van der Waals surface area contributed by atoms with Crippen LogP contribution in [0.25, 0.3) is 0 Å². The zero-order valence-electron chi connectivity index (χ0n) is 9.21. The second-order valence-corrected chi connectivity index (χ2v) is 4.08. The summed E-state index contributed by atoms with van der Waals surface area (Å²) in [6.07, 6.45) is 6.63. The molecule has 0 aliphatic heterocycles. The van der Waals surface area contributed by atoms with E-state index in [9.17, 15) is 4.79 Å². The lowest BCUT2D eigenvalue weighted by atomic mass is 10.0. The fourth-order valence-electron chi connectivity index (χ4n) is 2.25. The molecule has 0 aromatic carbocycles. The number of hydrogen-bond acceptors (Lipinski definition) is 4. The Morgan fingerprint density at radius 3 is 2.71 bits per heavy atom. The molecular weight excluding hydrogens is 214 g/mol. The van der Waals surface area contributed by atoms with Crippen LogP contribution in [-0.4, -0.2) is 20.7 Å². The number of ketones is 1. The quantitative estimate of drug-likeness (QED) is 0.731. The zero-order chi connectivity index (χ0) is 11.7. The highest BCUT2D eigenvalue weighted by Crippen LogP contribution is 2.32. The van der Waals surface area contributed by atoms with Crippen molar-refractivity contribution < 1.29 is 4.79 Å². The first-order chi connectivity index (χ1) is 8.36. The summed E-state index contributed by atoms with van der Waals surface area (Å²) in [5.74, 6) is 0.0904. The highest BCUT2D eigenvalue weighted by molar-refractivity contribution is 5.98. The molecule has 0 spiro atoms. The average molecular weight is 225 g/mol. The van der Waals surface area contributed by atoms with Crippen molar-refractivity contribution in [2.24, 2.45) is 0 Å². The number of aromatic nitrogens is 3.